The Balaban J connectivity index is 1.89. The van der Waals surface area contributed by atoms with E-state index in [-0.39, 0.29) is 5.69 Å². The molecule has 0 aliphatic carbocycles. The molecule has 2 aromatic heterocycles. The minimum Gasteiger partial charge on any atom is -0.476 e. The molecule has 6 rings (SSSR count). The minimum absolute atomic E-state index is 0.0138. The number of fused-ring (bicyclic) bond motifs is 1. The Labute approximate surface area is 214 Å². The topological polar surface area (TPSA) is 63.1 Å². The molecule has 0 bridgehead atoms. The van der Waals surface area contributed by atoms with E-state index in [9.17, 15) is 9.90 Å². The summed E-state index contributed by atoms with van der Waals surface area (Å²) < 4.78 is 0. The van der Waals surface area contributed by atoms with Crippen molar-refractivity contribution < 1.29 is 9.90 Å². The predicted molar refractivity (Wildman–Crippen MR) is 148 cm³/mol. The number of hydrogen-bond acceptors (Lipinski definition) is 3. The molecule has 0 aliphatic rings. The Morgan fingerprint density at radius 1 is 0.541 bits per heavy atom. The number of aromatic carboxylic acids is 1. The highest BCUT2D eigenvalue weighted by atomic mass is 16.4. The van der Waals surface area contributed by atoms with E-state index in [0.29, 0.717) is 11.3 Å². The number of benzene rings is 4. The van der Waals surface area contributed by atoms with E-state index in [4.69, 9.17) is 9.97 Å². The van der Waals surface area contributed by atoms with Gasteiger partial charge in [0.15, 0.2) is 5.69 Å². The van der Waals surface area contributed by atoms with Crippen LogP contribution in [0.1, 0.15) is 10.5 Å². The molecule has 176 valence electrons. The van der Waals surface area contributed by atoms with Crippen molar-refractivity contribution >= 4 is 16.7 Å². The summed E-state index contributed by atoms with van der Waals surface area (Å²) in [6, 6.07) is 39.3. The number of pyridine rings is 2. The second-order valence-electron chi connectivity index (χ2n) is 8.72. The molecule has 0 radical (unpaired) electrons. The maximum Gasteiger partial charge on any atom is 0.355 e. The highest BCUT2D eigenvalue weighted by Crippen LogP contribution is 2.44. The average Bonchev–Trinajstić information content (AvgIpc) is 2.97. The van der Waals surface area contributed by atoms with Crippen molar-refractivity contribution in [3.05, 3.63) is 133 Å². The lowest BCUT2D eigenvalue weighted by Gasteiger charge is -2.20. The largest absolute Gasteiger partial charge is 0.476 e. The van der Waals surface area contributed by atoms with Crippen molar-refractivity contribution in [1.29, 1.82) is 0 Å². The number of carbonyl (C=O) groups is 1. The lowest BCUT2D eigenvalue weighted by Crippen LogP contribution is -2.08. The van der Waals surface area contributed by atoms with Crippen LogP contribution in [0.2, 0.25) is 0 Å². The first kappa shape index (κ1) is 22.4. The smallest absolute Gasteiger partial charge is 0.355 e. The van der Waals surface area contributed by atoms with Crippen molar-refractivity contribution in [2.24, 2.45) is 0 Å². The molecule has 0 amide bonds. The van der Waals surface area contributed by atoms with Gasteiger partial charge in [-0.25, -0.2) is 9.78 Å². The number of carboxylic acid groups (broad SMARTS) is 1. The molecule has 4 nitrogen and oxygen atoms in total. The molecular formula is C33H22N2O2. The van der Waals surface area contributed by atoms with Gasteiger partial charge in [0.05, 0.1) is 11.4 Å². The Morgan fingerprint density at radius 2 is 1.00 bits per heavy atom. The summed E-state index contributed by atoms with van der Waals surface area (Å²) in [6.07, 6.45) is 1.85. The van der Waals surface area contributed by atoms with E-state index in [1.54, 1.807) is 0 Å². The summed E-state index contributed by atoms with van der Waals surface area (Å²) in [5.74, 6) is -1.07. The van der Waals surface area contributed by atoms with Crippen LogP contribution in [-0.2, 0) is 0 Å². The summed E-state index contributed by atoms with van der Waals surface area (Å²) in [4.78, 5) is 22.5. The molecule has 0 unspecified atom stereocenters. The maximum absolute atomic E-state index is 12.7. The van der Waals surface area contributed by atoms with Crippen LogP contribution in [-0.4, -0.2) is 21.0 Å². The first-order valence-electron chi connectivity index (χ1n) is 12.0. The zero-order valence-electron chi connectivity index (χ0n) is 19.9. The van der Waals surface area contributed by atoms with Crippen LogP contribution in [0, 0.1) is 0 Å². The van der Waals surface area contributed by atoms with Gasteiger partial charge >= 0.3 is 5.97 Å². The molecular weight excluding hydrogens is 456 g/mol. The van der Waals surface area contributed by atoms with E-state index in [1.165, 1.54) is 0 Å². The highest BCUT2D eigenvalue weighted by Gasteiger charge is 2.26. The number of hydrogen-bond donors (Lipinski definition) is 1. The van der Waals surface area contributed by atoms with Gasteiger partial charge in [-0.15, -0.1) is 0 Å². The lowest BCUT2D eigenvalue weighted by molar-refractivity contribution is 0.0691. The Morgan fingerprint density at radius 3 is 1.51 bits per heavy atom. The van der Waals surface area contributed by atoms with Crippen molar-refractivity contribution in [2.45, 2.75) is 0 Å². The van der Waals surface area contributed by atoms with Gasteiger partial charge in [0.2, 0.25) is 0 Å². The average molecular weight is 479 g/mol. The van der Waals surface area contributed by atoms with Gasteiger partial charge in [-0.05, 0) is 11.1 Å². The third-order valence-electron chi connectivity index (χ3n) is 6.47. The van der Waals surface area contributed by atoms with Gasteiger partial charge in [0.25, 0.3) is 0 Å². The van der Waals surface area contributed by atoms with Crippen molar-refractivity contribution in [2.75, 3.05) is 0 Å². The predicted octanol–water partition coefficient (Wildman–Crippen LogP) is 8.00. The van der Waals surface area contributed by atoms with Gasteiger partial charge in [-0.1, -0.05) is 121 Å². The summed E-state index contributed by atoms with van der Waals surface area (Å²) in [5, 5.41) is 12.1. The van der Waals surface area contributed by atoms with Crippen molar-refractivity contribution in [1.82, 2.24) is 9.97 Å². The molecule has 4 aromatic carbocycles. The second-order valence-corrected chi connectivity index (χ2v) is 8.72. The van der Waals surface area contributed by atoms with Crippen molar-refractivity contribution in [3.8, 4) is 44.8 Å². The Hall–Kier alpha value is -5.09. The monoisotopic (exact) mass is 478 g/mol. The van der Waals surface area contributed by atoms with Crippen LogP contribution in [0.25, 0.3) is 55.5 Å². The molecule has 0 saturated heterocycles. The first-order valence-corrected chi connectivity index (χ1v) is 12.0. The van der Waals surface area contributed by atoms with Crippen molar-refractivity contribution in [3.63, 3.8) is 0 Å². The summed E-state index contributed by atoms with van der Waals surface area (Å²) in [6.45, 7) is 0. The number of rotatable bonds is 5. The zero-order chi connectivity index (χ0) is 25.2. The summed E-state index contributed by atoms with van der Waals surface area (Å²) >= 11 is 0. The van der Waals surface area contributed by atoms with E-state index >= 15 is 0 Å². The Bertz CT molecular complexity index is 1720. The van der Waals surface area contributed by atoms with E-state index < -0.39 is 5.97 Å². The molecule has 4 heteroatoms. The summed E-state index contributed by atoms with van der Waals surface area (Å²) in [7, 11) is 0. The minimum atomic E-state index is -1.07. The molecule has 37 heavy (non-hydrogen) atoms. The van der Waals surface area contributed by atoms with Gasteiger partial charge in [0.1, 0.15) is 0 Å². The summed E-state index contributed by atoms with van der Waals surface area (Å²) in [5.41, 5.74) is 6.33. The van der Waals surface area contributed by atoms with Crippen LogP contribution in [0.3, 0.4) is 0 Å². The number of aromatic nitrogens is 2. The van der Waals surface area contributed by atoms with Crippen LogP contribution in [0.5, 0.6) is 0 Å². The normalized spacial score (nSPS) is 10.9. The van der Waals surface area contributed by atoms with Crippen LogP contribution >= 0.6 is 0 Å². The number of carboxylic acids is 1. The zero-order valence-corrected chi connectivity index (χ0v) is 19.9. The Kier molecular flexibility index (Phi) is 5.75. The maximum atomic E-state index is 12.7. The van der Waals surface area contributed by atoms with Crippen LogP contribution < -0.4 is 0 Å². The third kappa shape index (κ3) is 4.05. The van der Waals surface area contributed by atoms with E-state index in [0.717, 1.165) is 44.3 Å². The first-order chi connectivity index (χ1) is 18.2. The van der Waals surface area contributed by atoms with Crippen LogP contribution in [0.15, 0.2) is 128 Å². The van der Waals surface area contributed by atoms with E-state index in [1.807, 2.05) is 128 Å². The quantitative estimate of drug-likeness (QED) is 0.273. The molecule has 0 aliphatic heterocycles. The standard InChI is InChI=1S/C33H22N2O2/c36-33(37)32-27(23-15-7-2-8-16-23)28-26(22-13-5-1-6-14-22)21-34-30(24-17-9-3-10-18-24)29(28)31(35-32)25-19-11-4-12-20-25/h1-21H,(H,36,37). The fourth-order valence-electron chi connectivity index (χ4n) is 4.84. The van der Waals surface area contributed by atoms with Crippen LogP contribution in [0.4, 0.5) is 0 Å². The molecule has 0 saturated carbocycles. The lowest BCUT2D eigenvalue weighted by atomic mass is 9.88. The number of nitrogens with zero attached hydrogens (tertiary/aromatic N) is 2. The van der Waals surface area contributed by atoms with Gasteiger partial charge < -0.3 is 5.11 Å². The fraction of sp³-hybridized carbons (Fsp3) is 0. The van der Waals surface area contributed by atoms with Gasteiger partial charge in [-0.3, -0.25) is 4.98 Å². The molecule has 0 fully saturated rings. The van der Waals surface area contributed by atoms with Gasteiger partial charge in [0, 0.05) is 39.2 Å². The SMILES string of the molecule is O=C(O)c1nc(-c2ccccc2)c2c(-c3ccccc3)ncc(-c3ccccc3)c2c1-c1ccccc1. The fourth-order valence-corrected chi connectivity index (χ4v) is 4.84. The molecule has 1 N–H and O–H groups in total. The van der Waals surface area contributed by atoms with Gasteiger partial charge in [-0.2, -0.15) is 0 Å². The van der Waals surface area contributed by atoms with E-state index in [2.05, 4.69) is 0 Å². The second kappa shape index (κ2) is 9.51. The third-order valence-corrected chi connectivity index (χ3v) is 6.47. The molecule has 0 spiro atoms. The molecule has 6 aromatic rings. The molecule has 0 atom stereocenters. The highest BCUT2D eigenvalue weighted by molar-refractivity contribution is 6.18. The molecule has 2 heterocycles.